The highest BCUT2D eigenvalue weighted by Crippen LogP contribution is 2.28. The van der Waals surface area contributed by atoms with Crippen LogP contribution in [0.4, 0.5) is 10.4 Å². The lowest BCUT2D eigenvalue weighted by Gasteiger charge is -2.09. The molecule has 0 bridgehead atoms. The van der Waals surface area contributed by atoms with Gasteiger partial charge in [-0.25, -0.2) is 4.39 Å². The first kappa shape index (κ1) is 14.8. The third-order valence-corrected chi connectivity index (χ3v) is 3.75. The number of nitrogens with zero attached hydrogens (tertiary/aromatic N) is 2. The summed E-state index contributed by atoms with van der Waals surface area (Å²) >= 11 is 2.15. The van der Waals surface area contributed by atoms with Gasteiger partial charge < -0.3 is 14.9 Å². The highest BCUT2D eigenvalue weighted by atomic mass is 127. The molecule has 0 radical (unpaired) electrons. The van der Waals surface area contributed by atoms with Crippen molar-refractivity contribution in [2.75, 3.05) is 5.73 Å². The molecule has 1 heterocycles. The van der Waals surface area contributed by atoms with Crippen molar-refractivity contribution in [2.45, 2.75) is 6.61 Å². The maximum Gasteiger partial charge on any atom is 0.313 e. The molecule has 112 valence electrons. The molecule has 0 fully saturated rings. The fourth-order valence-electron chi connectivity index (χ4n) is 1.89. The van der Waals surface area contributed by atoms with Gasteiger partial charge in [-0.15, -0.1) is 5.10 Å². The highest BCUT2D eigenvalue weighted by molar-refractivity contribution is 14.1. The van der Waals surface area contributed by atoms with Crippen molar-refractivity contribution in [1.82, 2.24) is 10.2 Å². The van der Waals surface area contributed by atoms with E-state index in [0.717, 1.165) is 14.7 Å². The zero-order chi connectivity index (χ0) is 15.5. The first-order chi connectivity index (χ1) is 10.6. The quantitative estimate of drug-likeness (QED) is 0.664. The SMILES string of the molecule is Nc1nnc(-c2ccc(OCc3cccc(F)c3)c(I)c2)o1. The van der Waals surface area contributed by atoms with E-state index in [-0.39, 0.29) is 11.8 Å². The molecule has 0 spiro atoms. The fourth-order valence-corrected chi connectivity index (χ4v) is 2.56. The average molecular weight is 411 g/mol. The van der Waals surface area contributed by atoms with Gasteiger partial charge >= 0.3 is 6.01 Å². The molecule has 3 rings (SSSR count). The molecule has 0 aliphatic heterocycles. The van der Waals surface area contributed by atoms with Crippen molar-refractivity contribution in [3.05, 3.63) is 57.4 Å². The molecule has 0 saturated carbocycles. The van der Waals surface area contributed by atoms with Crippen molar-refractivity contribution in [3.63, 3.8) is 0 Å². The Morgan fingerprint density at radius 1 is 1.18 bits per heavy atom. The smallest absolute Gasteiger partial charge is 0.313 e. The van der Waals surface area contributed by atoms with Gasteiger partial charge in [0.15, 0.2) is 0 Å². The van der Waals surface area contributed by atoms with Gasteiger partial charge in [-0.1, -0.05) is 17.2 Å². The molecule has 22 heavy (non-hydrogen) atoms. The number of halogens is 2. The normalized spacial score (nSPS) is 10.6. The molecular formula is C15H11FIN3O2. The number of rotatable bonds is 4. The molecule has 2 N–H and O–H groups in total. The van der Waals surface area contributed by atoms with Gasteiger partial charge in [0, 0.05) is 5.56 Å². The lowest BCUT2D eigenvalue weighted by Crippen LogP contribution is -1.97. The summed E-state index contributed by atoms with van der Waals surface area (Å²) in [7, 11) is 0. The summed E-state index contributed by atoms with van der Waals surface area (Å²) in [6.45, 7) is 0.292. The summed E-state index contributed by atoms with van der Waals surface area (Å²) in [5, 5.41) is 7.45. The Morgan fingerprint density at radius 2 is 2.05 bits per heavy atom. The van der Waals surface area contributed by atoms with Crippen molar-refractivity contribution in [1.29, 1.82) is 0 Å². The van der Waals surface area contributed by atoms with Crippen LogP contribution < -0.4 is 10.5 Å². The number of aromatic nitrogens is 2. The first-order valence-electron chi connectivity index (χ1n) is 6.38. The molecule has 3 aromatic rings. The second-order valence-corrected chi connectivity index (χ2v) is 5.67. The number of nitrogen functional groups attached to an aromatic ring is 1. The Hall–Kier alpha value is -2.16. The highest BCUT2D eigenvalue weighted by Gasteiger charge is 2.10. The maximum absolute atomic E-state index is 13.1. The molecule has 0 aliphatic rings. The Balaban J connectivity index is 1.75. The Labute approximate surface area is 139 Å². The number of anilines is 1. The van der Waals surface area contributed by atoms with Gasteiger partial charge in [-0.05, 0) is 58.5 Å². The Morgan fingerprint density at radius 3 is 2.73 bits per heavy atom. The summed E-state index contributed by atoms with van der Waals surface area (Å²) < 4.78 is 24.9. The standard InChI is InChI=1S/C15H11FIN3O2/c16-11-3-1-2-9(6-11)8-21-13-5-4-10(7-12(13)17)14-19-20-15(18)22-14/h1-7H,8H2,(H2,18,20). The lowest BCUT2D eigenvalue weighted by molar-refractivity contribution is 0.303. The van der Waals surface area contributed by atoms with E-state index in [2.05, 4.69) is 32.8 Å². The molecule has 0 aliphatic carbocycles. The maximum atomic E-state index is 13.1. The van der Waals surface area contributed by atoms with Crippen LogP contribution in [0.15, 0.2) is 46.9 Å². The van der Waals surface area contributed by atoms with Crippen molar-refractivity contribution < 1.29 is 13.5 Å². The van der Waals surface area contributed by atoms with E-state index in [1.165, 1.54) is 12.1 Å². The van der Waals surface area contributed by atoms with Crippen LogP contribution in [-0.4, -0.2) is 10.2 Å². The molecule has 0 saturated heterocycles. The monoisotopic (exact) mass is 411 g/mol. The van der Waals surface area contributed by atoms with Gasteiger partial charge in [0.2, 0.25) is 5.89 Å². The van der Waals surface area contributed by atoms with Gasteiger partial charge in [0.05, 0.1) is 3.57 Å². The summed E-state index contributed by atoms with van der Waals surface area (Å²) in [6.07, 6.45) is 0. The summed E-state index contributed by atoms with van der Waals surface area (Å²) in [6, 6.07) is 11.8. The third kappa shape index (κ3) is 3.35. The number of hydrogen-bond donors (Lipinski definition) is 1. The molecule has 7 heteroatoms. The zero-order valence-corrected chi connectivity index (χ0v) is 13.5. The van der Waals surface area contributed by atoms with E-state index in [0.29, 0.717) is 18.2 Å². The van der Waals surface area contributed by atoms with Crippen LogP contribution in [0.2, 0.25) is 0 Å². The summed E-state index contributed by atoms with van der Waals surface area (Å²) in [5.41, 5.74) is 6.94. The minimum absolute atomic E-state index is 0.0245. The summed E-state index contributed by atoms with van der Waals surface area (Å²) in [4.78, 5) is 0. The van der Waals surface area contributed by atoms with Crippen LogP contribution in [0, 0.1) is 9.39 Å². The van der Waals surface area contributed by atoms with E-state index >= 15 is 0 Å². The predicted octanol–water partition coefficient (Wildman–Crippen LogP) is 3.64. The molecule has 1 aromatic heterocycles. The topological polar surface area (TPSA) is 74.2 Å². The number of ether oxygens (including phenoxy) is 1. The Bertz CT molecular complexity index is 807. The molecule has 0 atom stereocenters. The molecular weight excluding hydrogens is 400 g/mol. The molecule has 5 nitrogen and oxygen atoms in total. The lowest BCUT2D eigenvalue weighted by atomic mass is 10.2. The van der Waals surface area contributed by atoms with Crippen LogP contribution in [0.3, 0.4) is 0 Å². The van der Waals surface area contributed by atoms with Crippen LogP contribution in [0.5, 0.6) is 5.75 Å². The minimum atomic E-state index is -0.278. The third-order valence-electron chi connectivity index (χ3n) is 2.90. The van der Waals surface area contributed by atoms with Gasteiger partial charge in [-0.2, -0.15) is 0 Å². The second kappa shape index (κ2) is 6.30. The van der Waals surface area contributed by atoms with Gasteiger partial charge in [0.25, 0.3) is 0 Å². The number of hydrogen-bond acceptors (Lipinski definition) is 5. The second-order valence-electron chi connectivity index (χ2n) is 4.51. The summed E-state index contributed by atoms with van der Waals surface area (Å²) in [5.74, 6) is 0.772. The van der Waals surface area contributed by atoms with Crippen molar-refractivity contribution in [3.8, 4) is 17.2 Å². The average Bonchev–Trinajstić information content (AvgIpc) is 2.93. The van der Waals surface area contributed by atoms with Crippen LogP contribution in [-0.2, 0) is 6.61 Å². The number of nitrogens with two attached hydrogens (primary N) is 1. The van der Waals surface area contributed by atoms with Crippen LogP contribution >= 0.6 is 22.6 Å². The Kier molecular flexibility index (Phi) is 4.23. The van der Waals surface area contributed by atoms with Crippen molar-refractivity contribution >= 4 is 28.6 Å². The van der Waals surface area contributed by atoms with Gasteiger partial charge in [0.1, 0.15) is 18.2 Å². The molecule has 2 aromatic carbocycles. The van der Waals surface area contributed by atoms with Crippen LogP contribution in [0.1, 0.15) is 5.56 Å². The predicted molar refractivity (Wildman–Crippen MR) is 87.6 cm³/mol. The van der Waals surface area contributed by atoms with Crippen molar-refractivity contribution in [2.24, 2.45) is 0 Å². The fraction of sp³-hybridized carbons (Fsp3) is 0.0667. The van der Waals surface area contributed by atoms with E-state index in [1.807, 2.05) is 12.1 Å². The minimum Gasteiger partial charge on any atom is -0.488 e. The largest absolute Gasteiger partial charge is 0.488 e. The molecule has 0 amide bonds. The van der Waals surface area contributed by atoms with E-state index in [4.69, 9.17) is 14.9 Å². The number of benzene rings is 2. The van der Waals surface area contributed by atoms with E-state index < -0.39 is 0 Å². The zero-order valence-electron chi connectivity index (χ0n) is 11.3. The van der Waals surface area contributed by atoms with Crippen LogP contribution in [0.25, 0.3) is 11.5 Å². The molecule has 0 unspecified atom stereocenters. The van der Waals surface area contributed by atoms with E-state index in [1.54, 1.807) is 18.2 Å². The van der Waals surface area contributed by atoms with Gasteiger partial charge in [-0.3, -0.25) is 0 Å². The first-order valence-corrected chi connectivity index (χ1v) is 7.46. The van der Waals surface area contributed by atoms with E-state index in [9.17, 15) is 4.39 Å².